The second-order valence-electron chi connectivity index (χ2n) is 8.76. The van der Waals surface area contributed by atoms with Crippen LogP contribution in [0.3, 0.4) is 0 Å². The van der Waals surface area contributed by atoms with E-state index in [0.717, 1.165) is 12.1 Å². The average Bonchev–Trinajstić information content (AvgIpc) is 3.58. The standard InChI is InChI=1S/C28H25Cl2N5O4S/c1-38-24-9-5-4-8-22(24)35-25(15-31-26(36)16-39-23-11-10-19(29)14-20(23)30)32-33-28(35)40-17-27(37)34-13-12-18-6-2-3-7-21(18)34/h2-11,14H,12-13,15-17H2,1H3,(H,31,36). The lowest BCUT2D eigenvalue weighted by molar-refractivity contribution is -0.123. The maximum absolute atomic E-state index is 13.1. The summed E-state index contributed by atoms with van der Waals surface area (Å²) < 4.78 is 12.9. The van der Waals surface area contributed by atoms with Crippen molar-refractivity contribution in [1.29, 1.82) is 0 Å². The molecule has 0 saturated carbocycles. The van der Waals surface area contributed by atoms with Crippen molar-refractivity contribution in [3.8, 4) is 17.2 Å². The fourth-order valence-corrected chi connectivity index (χ4v) is 5.63. The second-order valence-corrected chi connectivity index (χ2v) is 10.5. The molecule has 0 bridgehead atoms. The summed E-state index contributed by atoms with van der Waals surface area (Å²) in [5.41, 5.74) is 2.80. The number of thioether (sulfide) groups is 1. The fourth-order valence-electron chi connectivity index (χ4n) is 4.33. The van der Waals surface area contributed by atoms with Crippen LogP contribution in [0.4, 0.5) is 5.69 Å². The normalized spacial score (nSPS) is 12.2. The van der Waals surface area contributed by atoms with Crippen LogP contribution in [-0.4, -0.2) is 52.6 Å². The summed E-state index contributed by atoms with van der Waals surface area (Å²) in [7, 11) is 1.57. The van der Waals surface area contributed by atoms with Crippen molar-refractivity contribution in [2.24, 2.45) is 0 Å². The van der Waals surface area contributed by atoms with Gasteiger partial charge in [-0.15, -0.1) is 10.2 Å². The summed E-state index contributed by atoms with van der Waals surface area (Å²) in [5.74, 6) is 1.18. The lowest BCUT2D eigenvalue weighted by Gasteiger charge is -2.17. The highest BCUT2D eigenvalue weighted by Crippen LogP contribution is 2.31. The molecule has 4 aromatic rings. The Bertz CT molecular complexity index is 1550. The molecule has 206 valence electrons. The molecule has 0 spiro atoms. The van der Waals surface area contributed by atoms with Gasteiger partial charge in [-0.1, -0.05) is 65.3 Å². The number of nitrogens with one attached hydrogen (secondary N) is 1. The summed E-state index contributed by atoms with van der Waals surface area (Å²) in [5, 5.41) is 12.7. The minimum atomic E-state index is -0.377. The number of carbonyl (C=O) groups excluding carboxylic acids is 2. The van der Waals surface area contributed by atoms with Crippen LogP contribution >= 0.6 is 35.0 Å². The first-order valence-corrected chi connectivity index (χ1v) is 14.1. The van der Waals surface area contributed by atoms with Gasteiger partial charge in [0.15, 0.2) is 17.6 Å². The van der Waals surface area contributed by atoms with E-state index in [4.69, 9.17) is 32.7 Å². The molecular formula is C28H25Cl2N5O4S. The van der Waals surface area contributed by atoms with E-state index in [-0.39, 0.29) is 30.7 Å². The molecule has 2 amide bonds. The van der Waals surface area contributed by atoms with E-state index in [9.17, 15) is 9.59 Å². The number of para-hydroxylation sites is 3. The molecule has 12 heteroatoms. The van der Waals surface area contributed by atoms with Gasteiger partial charge >= 0.3 is 0 Å². The molecule has 3 aromatic carbocycles. The summed E-state index contributed by atoms with van der Waals surface area (Å²) in [6.07, 6.45) is 0.835. The van der Waals surface area contributed by atoms with E-state index < -0.39 is 0 Å². The van der Waals surface area contributed by atoms with Crippen LogP contribution in [0.1, 0.15) is 11.4 Å². The SMILES string of the molecule is COc1ccccc1-n1c(CNC(=O)COc2ccc(Cl)cc2Cl)nnc1SCC(=O)N1CCc2ccccc21. The third-order valence-corrected chi connectivity index (χ3v) is 7.68. The number of methoxy groups -OCH3 is 1. The predicted molar refractivity (Wildman–Crippen MR) is 155 cm³/mol. The van der Waals surface area contributed by atoms with E-state index in [2.05, 4.69) is 15.5 Å². The number of aromatic nitrogens is 3. The van der Waals surface area contributed by atoms with Crippen molar-refractivity contribution >= 4 is 52.5 Å². The molecule has 0 aliphatic carbocycles. The number of amides is 2. The Morgan fingerprint density at radius 2 is 1.77 bits per heavy atom. The van der Waals surface area contributed by atoms with Crippen molar-refractivity contribution in [3.05, 3.63) is 88.2 Å². The highest BCUT2D eigenvalue weighted by atomic mass is 35.5. The second kappa shape index (κ2) is 12.6. The van der Waals surface area contributed by atoms with Crippen molar-refractivity contribution < 1.29 is 19.1 Å². The first-order chi connectivity index (χ1) is 19.4. The maximum atomic E-state index is 13.1. The highest BCUT2D eigenvalue weighted by Gasteiger charge is 2.25. The summed E-state index contributed by atoms with van der Waals surface area (Å²) >= 11 is 13.3. The van der Waals surface area contributed by atoms with Gasteiger partial charge in [0.25, 0.3) is 5.91 Å². The van der Waals surface area contributed by atoms with Gasteiger partial charge in [0.05, 0.1) is 30.1 Å². The van der Waals surface area contributed by atoms with Gasteiger partial charge in [-0.05, 0) is 48.4 Å². The monoisotopic (exact) mass is 597 g/mol. The predicted octanol–water partition coefficient (Wildman–Crippen LogP) is 4.96. The Labute approximate surface area is 245 Å². The Hall–Kier alpha value is -3.73. The molecule has 0 unspecified atom stereocenters. The van der Waals surface area contributed by atoms with Gasteiger partial charge in [0.2, 0.25) is 5.91 Å². The first-order valence-electron chi connectivity index (χ1n) is 12.4. The highest BCUT2D eigenvalue weighted by molar-refractivity contribution is 7.99. The number of benzene rings is 3. The number of halogens is 2. The van der Waals surface area contributed by atoms with Crippen molar-refractivity contribution in [3.63, 3.8) is 0 Å². The molecule has 0 atom stereocenters. The maximum Gasteiger partial charge on any atom is 0.258 e. The Kier molecular flexibility index (Phi) is 8.78. The number of rotatable bonds is 10. The molecule has 0 saturated heterocycles. The minimum absolute atomic E-state index is 0.0163. The van der Waals surface area contributed by atoms with Gasteiger partial charge in [-0.3, -0.25) is 14.2 Å². The van der Waals surface area contributed by atoms with Gasteiger partial charge in [0.1, 0.15) is 11.5 Å². The molecule has 1 aromatic heterocycles. The molecule has 2 heterocycles. The first kappa shape index (κ1) is 27.8. The van der Waals surface area contributed by atoms with Crippen molar-refractivity contribution in [2.75, 3.05) is 30.9 Å². The summed E-state index contributed by atoms with van der Waals surface area (Å²) in [6.45, 7) is 0.464. The van der Waals surface area contributed by atoms with Crippen molar-refractivity contribution in [1.82, 2.24) is 20.1 Å². The number of anilines is 1. The molecular weight excluding hydrogens is 573 g/mol. The molecule has 5 rings (SSSR count). The van der Waals surface area contributed by atoms with Crippen LogP contribution in [-0.2, 0) is 22.6 Å². The van der Waals surface area contributed by atoms with Gasteiger partial charge in [-0.2, -0.15) is 0 Å². The Morgan fingerprint density at radius 3 is 2.58 bits per heavy atom. The van der Waals surface area contributed by atoms with Crippen LogP contribution < -0.4 is 19.7 Å². The number of fused-ring (bicyclic) bond motifs is 1. The van der Waals surface area contributed by atoms with E-state index in [1.165, 1.54) is 17.3 Å². The number of ether oxygens (including phenoxy) is 2. The molecule has 9 nitrogen and oxygen atoms in total. The van der Waals surface area contributed by atoms with Crippen LogP contribution in [0.25, 0.3) is 5.69 Å². The fraction of sp³-hybridized carbons (Fsp3) is 0.214. The minimum Gasteiger partial charge on any atom is -0.495 e. The van der Waals surface area contributed by atoms with E-state index in [1.807, 2.05) is 48.5 Å². The van der Waals surface area contributed by atoms with Gasteiger partial charge in [0, 0.05) is 17.3 Å². The van der Waals surface area contributed by atoms with Gasteiger partial charge < -0.3 is 19.7 Å². The zero-order valence-corrected chi connectivity index (χ0v) is 23.8. The molecule has 1 aliphatic heterocycles. The lowest BCUT2D eigenvalue weighted by Crippen LogP contribution is -2.30. The largest absolute Gasteiger partial charge is 0.495 e. The van der Waals surface area contributed by atoms with Crippen LogP contribution in [0.2, 0.25) is 10.0 Å². The Balaban J connectivity index is 1.30. The Morgan fingerprint density at radius 1 is 1.00 bits per heavy atom. The van der Waals surface area contributed by atoms with Gasteiger partial charge in [-0.25, -0.2) is 0 Å². The number of carbonyl (C=O) groups is 2. The quantitative estimate of drug-likeness (QED) is 0.258. The van der Waals surface area contributed by atoms with E-state index in [0.29, 0.717) is 44.8 Å². The molecule has 1 aliphatic rings. The zero-order valence-electron chi connectivity index (χ0n) is 21.5. The lowest BCUT2D eigenvalue weighted by atomic mass is 10.2. The smallest absolute Gasteiger partial charge is 0.258 e. The average molecular weight is 599 g/mol. The molecule has 0 radical (unpaired) electrons. The molecule has 0 fully saturated rings. The summed E-state index contributed by atoms with van der Waals surface area (Å²) in [6, 6.07) is 20.1. The van der Waals surface area contributed by atoms with E-state index in [1.54, 1.807) is 34.8 Å². The third-order valence-electron chi connectivity index (χ3n) is 6.24. The molecule has 40 heavy (non-hydrogen) atoms. The van der Waals surface area contributed by atoms with E-state index >= 15 is 0 Å². The van der Waals surface area contributed by atoms with Crippen LogP contribution in [0.15, 0.2) is 71.9 Å². The van der Waals surface area contributed by atoms with Crippen LogP contribution in [0.5, 0.6) is 11.5 Å². The number of hydrogen-bond donors (Lipinski definition) is 1. The molecule has 1 N–H and O–H groups in total. The summed E-state index contributed by atoms with van der Waals surface area (Å²) in [4.78, 5) is 27.5. The number of hydrogen-bond acceptors (Lipinski definition) is 7. The number of nitrogens with zero attached hydrogens (tertiary/aromatic N) is 4. The van der Waals surface area contributed by atoms with Crippen LogP contribution in [0, 0.1) is 0 Å². The third kappa shape index (κ3) is 6.19. The topological polar surface area (TPSA) is 98.6 Å². The zero-order chi connectivity index (χ0) is 28.1. The van der Waals surface area contributed by atoms with Crippen molar-refractivity contribution in [2.45, 2.75) is 18.1 Å².